The lowest BCUT2D eigenvalue weighted by atomic mass is 9.98. The molecule has 4 amide bonds. The highest BCUT2D eigenvalue weighted by molar-refractivity contribution is 5.95. The van der Waals surface area contributed by atoms with Crippen LogP contribution in [0.4, 0.5) is 9.18 Å². The molecule has 2 aliphatic rings. The molecule has 276 valence electrons. The molecule has 1 fully saturated rings. The van der Waals surface area contributed by atoms with Gasteiger partial charge in [0, 0.05) is 18.9 Å². The van der Waals surface area contributed by atoms with Gasteiger partial charge in [-0.3, -0.25) is 14.4 Å². The van der Waals surface area contributed by atoms with Gasteiger partial charge in [-0.1, -0.05) is 88.4 Å². The summed E-state index contributed by atoms with van der Waals surface area (Å²) in [5.41, 5.74) is 4.69. The molecule has 0 spiro atoms. The first-order valence-corrected chi connectivity index (χ1v) is 17.7. The third kappa shape index (κ3) is 8.60. The molecule has 12 heteroatoms. The lowest BCUT2D eigenvalue weighted by Crippen LogP contribution is -2.59. The predicted octanol–water partition coefficient (Wildman–Crippen LogP) is 4.72. The van der Waals surface area contributed by atoms with Crippen LogP contribution in [-0.2, 0) is 35.1 Å². The van der Waals surface area contributed by atoms with Crippen LogP contribution in [0.1, 0.15) is 63.1 Å². The van der Waals surface area contributed by atoms with Crippen molar-refractivity contribution in [2.75, 3.05) is 20.3 Å². The summed E-state index contributed by atoms with van der Waals surface area (Å²) in [7, 11) is 1.24. The fourth-order valence-corrected chi connectivity index (χ4v) is 7.04. The molecule has 1 aliphatic heterocycles. The average molecular weight is 715 g/mol. The lowest BCUT2D eigenvalue weighted by molar-refractivity contribution is -0.147. The Morgan fingerprint density at radius 2 is 1.46 bits per heavy atom. The topological polar surface area (TPSA) is 143 Å². The van der Waals surface area contributed by atoms with E-state index in [-0.39, 0.29) is 37.3 Å². The highest BCUT2D eigenvalue weighted by Gasteiger charge is 2.40. The third-order valence-corrected chi connectivity index (χ3v) is 9.77. The zero-order valence-electron chi connectivity index (χ0n) is 30.2. The van der Waals surface area contributed by atoms with Gasteiger partial charge in [-0.15, -0.1) is 0 Å². The van der Waals surface area contributed by atoms with Crippen LogP contribution in [0.25, 0.3) is 11.1 Å². The van der Waals surface area contributed by atoms with Gasteiger partial charge in [-0.05, 0) is 64.6 Å². The van der Waals surface area contributed by atoms with Crippen molar-refractivity contribution >= 4 is 29.8 Å². The maximum Gasteiger partial charge on any atom is 0.407 e. The highest BCUT2D eigenvalue weighted by Crippen LogP contribution is 2.44. The maximum absolute atomic E-state index is 14.2. The predicted molar refractivity (Wildman–Crippen MR) is 192 cm³/mol. The number of amides is 4. The molecule has 3 aromatic carbocycles. The normalized spacial score (nSPS) is 16.8. The SMILES string of the molecule is COC(=O)[C@@H](NC(=O)[C@@H](NC(=O)[C@@H]1CCCN1C(=O)[C@H](Cc1cccc(F)c1)NC(=O)OCC1c2ccccc2-c2ccccc21)C(C)C)C(C)C. The second-order valence-corrected chi connectivity index (χ2v) is 14.0. The average Bonchev–Trinajstić information content (AvgIpc) is 3.74. The van der Waals surface area contributed by atoms with Gasteiger partial charge in [0.25, 0.3) is 0 Å². The van der Waals surface area contributed by atoms with E-state index in [9.17, 15) is 28.4 Å². The van der Waals surface area contributed by atoms with E-state index in [0.29, 0.717) is 18.4 Å². The molecular weight excluding hydrogens is 667 g/mol. The van der Waals surface area contributed by atoms with Crippen LogP contribution in [0.3, 0.4) is 0 Å². The van der Waals surface area contributed by atoms with Crippen LogP contribution in [0.5, 0.6) is 0 Å². The monoisotopic (exact) mass is 714 g/mol. The standard InChI is InChI=1S/C40H47FN4O7/c1-23(2)34(37(47)44-35(24(3)4)39(49)51-5)43-36(46)33-18-11-19-45(33)38(48)32(21-25-12-10-13-26(41)20-25)42-40(50)52-22-31-29-16-8-6-14-27(29)28-15-7-9-17-30(28)31/h6-10,12-17,20,23-24,31-35H,11,18-19,21-22H2,1-5H3,(H,42,50)(H,43,46)(H,44,47)/t32-,33-,34-,35-/m0/s1. The van der Waals surface area contributed by atoms with E-state index in [0.717, 1.165) is 22.3 Å². The van der Waals surface area contributed by atoms with Crippen LogP contribution in [-0.4, -0.2) is 79.1 Å². The van der Waals surface area contributed by atoms with E-state index in [1.165, 1.54) is 30.2 Å². The highest BCUT2D eigenvalue weighted by atomic mass is 19.1. The van der Waals surface area contributed by atoms with E-state index >= 15 is 0 Å². The smallest absolute Gasteiger partial charge is 0.407 e. The van der Waals surface area contributed by atoms with E-state index in [4.69, 9.17) is 9.47 Å². The summed E-state index contributed by atoms with van der Waals surface area (Å²) in [4.78, 5) is 68.4. The summed E-state index contributed by atoms with van der Waals surface area (Å²) < 4.78 is 24.8. The molecule has 1 saturated heterocycles. The minimum Gasteiger partial charge on any atom is -0.467 e. The molecule has 1 heterocycles. The number of hydrogen-bond acceptors (Lipinski definition) is 7. The molecular formula is C40H47FN4O7. The van der Waals surface area contributed by atoms with Gasteiger partial charge in [0.05, 0.1) is 7.11 Å². The van der Waals surface area contributed by atoms with Gasteiger partial charge in [0.15, 0.2) is 0 Å². The number of benzene rings is 3. The van der Waals surface area contributed by atoms with Crippen molar-refractivity contribution < 1.29 is 37.8 Å². The van der Waals surface area contributed by atoms with E-state index < -0.39 is 59.8 Å². The molecule has 1 aliphatic carbocycles. The number of carbonyl (C=O) groups excluding carboxylic acids is 5. The van der Waals surface area contributed by atoms with Crippen molar-refractivity contribution in [1.82, 2.24) is 20.9 Å². The van der Waals surface area contributed by atoms with Gasteiger partial charge in [-0.25, -0.2) is 14.0 Å². The van der Waals surface area contributed by atoms with Crippen LogP contribution in [0.2, 0.25) is 0 Å². The fourth-order valence-electron chi connectivity index (χ4n) is 7.04. The summed E-state index contributed by atoms with van der Waals surface area (Å²) in [6, 6.07) is 17.6. The molecule has 52 heavy (non-hydrogen) atoms. The number of esters is 1. The molecule has 0 bridgehead atoms. The minimum absolute atomic E-state index is 0.0295. The summed E-state index contributed by atoms with van der Waals surface area (Å²) >= 11 is 0. The van der Waals surface area contributed by atoms with Gasteiger partial charge >= 0.3 is 12.1 Å². The Kier molecular flexibility index (Phi) is 12.3. The molecule has 0 aromatic heterocycles. The number of fused-ring (bicyclic) bond motifs is 3. The van der Waals surface area contributed by atoms with Crippen molar-refractivity contribution in [3.63, 3.8) is 0 Å². The fraction of sp³-hybridized carbons (Fsp3) is 0.425. The molecule has 0 saturated carbocycles. The van der Waals surface area contributed by atoms with Gasteiger partial charge < -0.3 is 30.3 Å². The summed E-state index contributed by atoms with van der Waals surface area (Å²) in [6.07, 6.45) is -0.0261. The molecule has 4 atom stereocenters. The van der Waals surface area contributed by atoms with Crippen LogP contribution >= 0.6 is 0 Å². The number of likely N-dealkylation sites (tertiary alicyclic amines) is 1. The number of rotatable bonds is 13. The van der Waals surface area contributed by atoms with Crippen molar-refractivity contribution in [3.05, 3.63) is 95.3 Å². The minimum atomic E-state index is -1.18. The molecule has 0 radical (unpaired) electrons. The summed E-state index contributed by atoms with van der Waals surface area (Å²) in [6.45, 7) is 7.32. The largest absolute Gasteiger partial charge is 0.467 e. The van der Waals surface area contributed by atoms with Gasteiger partial charge in [0.1, 0.15) is 36.6 Å². The number of nitrogens with zero attached hydrogens (tertiary/aromatic N) is 1. The Bertz CT molecular complexity index is 1750. The summed E-state index contributed by atoms with van der Waals surface area (Å²) in [5, 5.41) is 8.19. The summed E-state index contributed by atoms with van der Waals surface area (Å²) in [5.74, 6) is -3.53. The molecule has 5 rings (SSSR count). The number of hydrogen-bond donors (Lipinski definition) is 3. The Balaban J connectivity index is 1.30. The molecule has 3 N–H and O–H groups in total. The van der Waals surface area contributed by atoms with Crippen LogP contribution < -0.4 is 16.0 Å². The quantitative estimate of drug-likeness (QED) is 0.218. The number of halogens is 1. The lowest BCUT2D eigenvalue weighted by Gasteiger charge is -2.31. The van der Waals surface area contributed by atoms with Crippen molar-refractivity contribution in [2.24, 2.45) is 11.8 Å². The Hall–Kier alpha value is -5.26. The third-order valence-electron chi connectivity index (χ3n) is 9.77. The maximum atomic E-state index is 14.2. The Morgan fingerprint density at radius 3 is 2.06 bits per heavy atom. The van der Waals surface area contributed by atoms with E-state index in [1.54, 1.807) is 33.8 Å². The number of methoxy groups -OCH3 is 1. The molecule has 0 unspecified atom stereocenters. The zero-order valence-corrected chi connectivity index (χ0v) is 30.2. The number of nitrogens with one attached hydrogen (secondary N) is 3. The Labute approximate surface area is 303 Å². The van der Waals surface area contributed by atoms with Crippen molar-refractivity contribution in [3.8, 4) is 11.1 Å². The van der Waals surface area contributed by atoms with Crippen molar-refractivity contribution in [1.29, 1.82) is 0 Å². The molecule has 11 nitrogen and oxygen atoms in total. The first-order valence-electron chi connectivity index (χ1n) is 17.7. The Morgan fingerprint density at radius 1 is 0.827 bits per heavy atom. The first-order chi connectivity index (χ1) is 24.9. The first kappa shape index (κ1) is 38.0. The zero-order chi connectivity index (χ0) is 37.5. The number of ether oxygens (including phenoxy) is 2. The van der Waals surface area contributed by atoms with Gasteiger partial charge in [-0.2, -0.15) is 0 Å². The second kappa shape index (κ2) is 16.8. The number of carbonyl (C=O) groups is 5. The molecule has 3 aromatic rings. The van der Waals surface area contributed by atoms with E-state index in [1.807, 2.05) is 48.5 Å². The van der Waals surface area contributed by atoms with Crippen LogP contribution in [0.15, 0.2) is 72.8 Å². The van der Waals surface area contributed by atoms with Crippen molar-refractivity contribution in [2.45, 2.75) is 77.0 Å². The number of alkyl carbamates (subject to hydrolysis) is 1. The van der Waals surface area contributed by atoms with Gasteiger partial charge in [0.2, 0.25) is 17.7 Å². The van der Waals surface area contributed by atoms with Crippen LogP contribution in [0, 0.1) is 17.7 Å². The second-order valence-electron chi connectivity index (χ2n) is 14.0. The van der Waals surface area contributed by atoms with E-state index in [2.05, 4.69) is 16.0 Å².